The largest absolute Gasteiger partial charge is 0.469 e. The number of aliphatic hydroxyl groups excluding tert-OH is 1. The lowest BCUT2D eigenvalue weighted by atomic mass is 9.83. The molecule has 0 saturated carbocycles. The zero-order valence-corrected chi connectivity index (χ0v) is 28.0. The topological polar surface area (TPSA) is 102 Å². The monoisotopic (exact) mass is 633 g/mol. The number of nitrogens with zero attached hydrogens (tertiary/aromatic N) is 1. The van der Waals surface area contributed by atoms with E-state index in [2.05, 4.69) is 17.7 Å². The van der Waals surface area contributed by atoms with Crippen LogP contribution in [0.2, 0.25) is 0 Å². The molecule has 1 aromatic carbocycles. The van der Waals surface area contributed by atoms with Gasteiger partial charge in [-0.2, -0.15) is 0 Å². The van der Waals surface area contributed by atoms with Gasteiger partial charge >= 0.3 is 17.9 Å². The molecule has 7 atom stereocenters. The van der Waals surface area contributed by atoms with Crippen LogP contribution in [0.4, 0.5) is 4.39 Å². The molecule has 1 aliphatic rings. The van der Waals surface area contributed by atoms with Crippen LogP contribution in [0.25, 0.3) is 0 Å². The molecular weight excluding hydrogens is 577 g/mol. The lowest BCUT2D eigenvalue weighted by Gasteiger charge is -2.24. The Kier molecular flexibility index (Phi) is 18.0. The second kappa shape index (κ2) is 21.1. The summed E-state index contributed by atoms with van der Waals surface area (Å²) in [4.78, 5) is 39.0. The van der Waals surface area contributed by atoms with Gasteiger partial charge in [-0.3, -0.25) is 19.3 Å². The first-order valence-corrected chi connectivity index (χ1v) is 16.9. The van der Waals surface area contributed by atoms with Crippen LogP contribution in [0, 0.1) is 11.7 Å². The first kappa shape index (κ1) is 38.4. The normalized spacial score (nSPS) is 20.3. The molecule has 1 fully saturated rings. The second-order valence-corrected chi connectivity index (χ2v) is 12.2. The number of benzene rings is 1. The van der Waals surface area contributed by atoms with Gasteiger partial charge in [0, 0.05) is 24.4 Å². The van der Waals surface area contributed by atoms with E-state index >= 15 is 0 Å². The minimum absolute atomic E-state index is 0.0568. The first-order valence-electron chi connectivity index (χ1n) is 16.9. The summed E-state index contributed by atoms with van der Waals surface area (Å²) in [5.74, 6) is -2.00. The summed E-state index contributed by atoms with van der Waals surface area (Å²) in [5.41, 5.74) is 0.826. The van der Waals surface area contributed by atoms with Crippen molar-refractivity contribution in [3.8, 4) is 0 Å². The third kappa shape index (κ3) is 13.2. The van der Waals surface area contributed by atoms with Crippen molar-refractivity contribution >= 4 is 17.9 Å². The molecule has 1 heterocycles. The number of carbonyl (C=O) groups excluding carboxylic acids is 3. The van der Waals surface area contributed by atoms with Crippen molar-refractivity contribution in [3.63, 3.8) is 0 Å². The molecular formula is C36H56FNO7. The van der Waals surface area contributed by atoms with Crippen LogP contribution in [0.5, 0.6) is 0 Å². The second-order valence-electron chi connectivity index (χ2n) is 12.2. The van der Waals surface area contributed by atoms with E-state index in [9.17, 15) is 23.9 Å². The molecule has 1 N–H and O–H groups in total. The highest BCUT2D eigenvalue weighted by molar-refractivity contribution is 5.74. The van der Waals surface area contributed by atoms with Gasteiger partial charge in [-0.25, -0.2) is 4.39 Å². The molecule has 8 nitrogen and oxygen atoms in total. The summed E-state index contributed by atoms with van der Waals surface area (Å²) in [6.07, 6.45) is 13.8. The molecule has 0 radical (unpaired) electrons. The highest BCUT2D eigenvalue weighted by atomic mass is 19.1. The number of aliphatic hydroxyl groups is 1. The van der Waals surface area contributed by atoms with Crippen LogP contribution in [0.1, 0.15) is 116 Å². The van der Waals surface area contributed by atoms with Crippen LogP contribution < -0.4 is 0 Å². The Hall–Kier alpha value is -2.78. The number of esters is 3. The van der Waals surface area contributed by atoms with E-state index in [0.29, 0.717) is 19.3 Å². The molecule has 1 saturated heterocycles. The number of hydrogen-bond donors (Lipinski definition) is 1. The number of rotatable bonds is 23. The van der Waals surface area contributed by atoms with Gasteiger partial charge in [0.15, 0.2) is 0 Å². The summed E-state index contributed by atoms with van der Waals surface area (Å²) < 4.78 is 29.3. The summed E-state index contributed by atoms with van der Waals surface area (Å²) in [5, 5.41) is 11.0. The van der Waals surface area contributed by atoms with Crippen LogP contribution in [-0.4, -0.2) is 73.0 Å². The minimum Gasteiger partial charge on any atom is -0.469 e. The van der Waals surface area contributed by atoms with Gasteiger partial charge in [0.25, 0.3) is 0 Å². The highest BCUT2D eigenvalue weighted by Gasteiger charge is 2.54. The number of carbonyl (C=O) groups is 3. The SMILES string of the molecule is CCCCCC(OC(=O)CN1C([C@@H](c2ccc(F)cc2)C(C)C(=O)OC)[C@@H]1CC)C(O)C/C=C\CCCCCCCC(=O)OC. The van der Waals surface area contributed by atoms with Crippen molar-refractivity contribution in [2.75, 3.05) is 20.8 Å². The van der Waals surface area contributed by atoms with E-state index in [-0.39, 0.29) is 42.3 Å². The van der Waals surface area contributed by atoms with E-state index < -0.39 is 24.1 Å². The Bertz CT molecular complexity index is 1050. The summed E-state index contributed by atoms with van der Waals surface area (Å²) in [6, 6.07) is 6.15. The van der Waals surface area contributed by atoms with Crippen LogP contribution in [0.15, 0.2) is 36.4 Å². The minimum atomic E-state index is -0.793. The molecule has 5 unspecified atom stereocenters. The third-order valence-corrected chi connectivity index (χ3v) is 8.91. The lowest BCUT2D eigenvalue weighted by molar-refractivity contribution is -0.155. The number of unbranched alkanes of at least 4 members (excludes halogenated alkanes) is 7. The Morgan fingerprint density at radius 2 is 1.62 bits per heavy atom. The molecule has 0 bridgehead atoms. The molecule has 1 aliphatic heterocycles. The maximum Gasteiger partial charge on any atom is 0.320 e. The first-order chi connectivity index (χ1) is 21.7. The van der Waals surface area contributed by atoms with Gasteiger partial charge in [-0.15, -0.1) is 0 Å². The number of hydrogen-bond acceptors (Lipinski definition) is 8. The molecule has 45 heavy (non-hydrogen) atoms. The van der Waals surface area contributed by atoms with Gasteiger partial charge < -0.3 is 19.3 Å². The molecule has 2 rings (SSSR count). The molecule has 0 amide bonds. The fourth-order valence-corrected chi connectivity index (χ4v) is 6.25. The van der Waals surface area contributed by atoms with Crippen molar-refractivity contribution in [2.45, 2.75) is 134 Å². The molecule has 0 spiro atoms. The van der Waals surface area contributed by atoms with Crippen molar-refractivity contribution < 1.29 is 38.1 Å². The quantitative estimate of drug-likeness (QED) is 0.0457. The predicted molar refractivity (Wildman–Crippen MR) is 173 cm³/mol. The van der Waals surface area contributed by atoms with E-state index in [1.165, 1.54) is 26.4 Å². The van der Waals surface area contributed by atoms with Crippen molar-refractivity contribution in [1.29, 1.82) is 0 Å². The van der Waals surface area contributed by atoms with Gasteiger partial charge in [0.1, 0.15) is 11.9 Å². The Morgan fingerprint density at radius 1 is 0.933 bits per heavy atom. The zero-order chi connectivity index (χ0) is 33.2. The Balaban J connectivity index is 1.93. The number of ether oxygens (including phenoxy) is 3. The van der Waals surface area contributed by atoms with Gasteiger partial charge in [0.2, 0.25) is 0 Å². The van der Waals surface area contributed by atoms with E-state index in [1.54, 1.807) is 12.1 Å². The maximum absolute atomic E-state index is 13.7. The molecule has 0 aromatic heterocycles. The summed E-state index contributed by atoms with van der Waals surface area (Å²) in [6.45, 7) is 6.02. The molecule has 9 heteroatoms. The van der Waals surface area contributed by atoms with E-state index in [0.717, 1.165) is 69.8 Å². The number of allylic oxidation sites excluding steroid dienone is 1. The van der Waals surface area contributed by atoms with Gasteiger partial charge in [0.05, 0.1) is 32.8 Å². The fourth-order valence-electron chi connectivity index (χ4n) is 6.25. The summed E-state index contributed by atoms with van der Waals surface area (Å²) >= 11 is 0. The predicted octanol–water partition coefficient (Wildman–Crippen LogP) is 6.88. The van der Waals surface area contributed by atoms with Crippen LogP contribution >= 0.6 is 0 Å². The van der Waals surface area contributed by atoms with Crippen molar-refractivity contribution in [3.05, 3.63) is 47.8 Å². The standard InChI is InChI=1S/C36H56FNO7/c1-6-8-15-19-31(30(39)18-16-13-11-9-10-12-14-17-20-32(40)43-4)45-33(41)25-38-29(7-2)35(38)34(26(3)36(42)44-5)27-21-23-28(37)24-22-27/h13,16,21-24,26,29-31,34-35,39H,6-12,14-15,17-20,25H2,1-5H3/b16-13-/t26?,29-,30?,31?,34+,35?,38?/m0/s1. The highest BCUT2D eigenvalue weighted by Crippen LogP contribution is 2.45. The number of halogens is 1. The van der Waals surface area contributed by atoms with Crippen LogP contribution in [-0.2, 0) is 28.6 Å². The molecule has 0 aliphatic carbocycles. The Morgan fingerprint density at radius 3 is 2.27 bits per heavy atom. The average molecular weight is 634 g/mol. The Labute approximate surface area is 269 Å². The molecule has 254 valence electrons. The smallest absolute Gasteiger partial charge is 0.320 e. The van der Waals surface area contributed by atoms with E-state index in [4.69, 9.17) is 9.47 Å². The fraction of sp³-hybridized carbons (Fsp3) is 0.694. The van der Waals surface area contributed by atoms with E-state index in [1.807, 2.05) is 24.8 Å². The van der Waals surface area contributed by atoms with Gasteiger partial charge in [-0.05, 0) is 62.6 Å². The number of methoxy groups -OCH3 is 2. The summed E-state index contributed by atoms with van der Waals surface area (Å²) in [7, 11) is 2.77. The van der Waals surface area contributed by atoms with Crippen molar-refractivity contribution in [2.24, 2.45) is 5.92 Å². The zero-order valence-electron chi connectivity index (χ0n) is 28.0. The van der Waals surface area contributed by atoms with Crippen molar-refractivity contribution in [1.82, 2.24) is 4.90 Å². The van der Waals surface area contributed by atoms with Crippen LogP contribution in [0.3, 0.4) is 0 Å². The molecule has 1 aromatic rings. The van der Waals surface area contributed by atoms with Gasteiger partial charge in [-0.1, -0.05) is 77.2 Å². The maximum atomic E-state index is 13.7. The third-order valence-electron chi connectivity index (χ3n) is 8.91. The lowest BCUT2D eigenvalue weighted by Crippen LogP contribution is -2.34. The average Bonchev–Trinajstić information content (AvgIpc) is 3.72.